The Hall–Kier alpha value is -1.47. The standard InChI is InChI=1S/C9H8F6N2/c1-17(3-2-9(13,14)15)8-6(11)4-5(10)7(12)16-8/h4H,2-3H2,1H3. The van der Waals surface area contributed by atoms with Gasteiger partial charge in [0.2, 0.25) is 0 Å². The molecule has 8 heteroatoms. The number of nitrogens with zero attached hydrogens (tertiary/aromatic N) is 2. The van der Waals surface area contributed by atoms with Crippen molar-refractivity contribution in [2.75, 3.05) is 18.5 Å². The molecule has 1 heterocycles. The highest BCUT2D eigenvalue weighted by atomic mass is 19.4. The molecule has 0 aliphatic rings. The van der Waals surface area contributed by atoms with Crippen molar-refractivity contribution in [3.63, 3.8) is 0 Å². The van der Waals surface area contributed by atoms with E-state index in [2.05, 4.69) is 4.98 Å². The van der Waals surface area contributed by atoms with Crippen molar-refractivity contribution in [2.45, 2.75) is 12.6 Å². The summed E-state index contributed by atoms with van der Waals surface area (Å²) in [6.07, 6.45) is -5.62. The quantitative estimate of drug-likeness (QED) is 0.612. The van der Waals surface area contributed by atoms with E-state index in [9.17, 15) is 26.3 Å². The van der Waals surface area contributed by atoms with E-state index in [-0.39, 0.29) is 6.07 Å². The van der Waals surface area contributed by atoms with Gasteiger partial charge in [0.05, 0.1) is 6.42 Å². The Morgan fingerprint density at radius 1 is 1.18 bits per heavy atom. The van der Waals surface area contributed by atoms with Crippen LogP contribution in [0.1, 0.15) is 6.42 Å². The van der Waals surface area contributed by atoms with E-state index in [1.807, 2.05) is 0 Å². The first kappa shape index (κ1) is 13.6. The van der Waals surface area contributed by atoms with Crippen molar-refractivity contribution in [2.24, 2.45) is 0 Å². The van der Waals surface area contributed by atoms with E-state index >= 15 is 0 Å². The number of aromatic nitrogens is 1. The molecule has 0 unspecified atom stereocenters. The number of anilines is 1. The maximum absolute atomic E-state index is 13.1. The van der Waals surface area contributed by atoms with Gasteiger partial charge in [0, 0.05) is 19.7 Å². The third-order valence-corrected chi connectivity index (χ3v) is 1.96. The van der Waals surface area contributed by atoms with Gasteiger partial charge >= 0.3 is 6.18 Å². The second kappa shape index (κ2) is 4.80. The van der Waals surface area contributed by atoms with Gasteiger partial charge in [-0.3, -0.25) is 0 Å². The third-order valence-electron chi connectivity index (χ3n) is 1.96. The van der Waals surface area contributed by atoms with Crippen molar-refractivity contribution in [3.05, 3.63) is 23.6 Å². The van der Waals surface area contributed by atoms with Crippen molar-refractivity contribution >= 4 is 5.82 Å². The fraction of sp³-hybridized carbons (Fsp3) is 0.444. The zero-order chi connectivity index (χ0) is 13.2. The lowest BCUT2D eigenvalue weighted by atomic mass is 10.3. The molecule has 96 valence electrons. The summed E-state index contributed by atoms with van der Waals surface area (Å²) >= 11 is 0. The van der Waals surface area contributed by atoms with Gasteiger partial charge in [-0.2, -0.15) is 22.5 Å². The van der Waals surface area contributed by atoms with Crippen LogP contribution in [0.5, 0.6) is 0 Å². The lowest BCUT2D eigenvalue weighted by molar-refractivity contribution is -0.132. The molecule has 0 N–H and O–H groups in total. The first-order valence-corrected chi connectivity index (χ1v) is 4.50. The summed E-state index contributed by atoms with van der Waals surface area (Å²) in [7, 11) is 1.11. The summed E-state index contributed by atoms with van der Waals surface area (Å²) < 4.78 is 74.0. The van der Waals surface area contributed by atoms with Gasteiger partial charge in [0.15, 0.2) is 17.5 Å². The summed E-state index contributed by atoms with van der Waals surface area (Å²) in [4.78, 5) is 3.68. The van der Waals surface area contributed by atoms with Gasteiger partial charge in [-0.1, -0.05) is 0 Å². The lowest BCUT2D eigenvalue weighted by Gasteiger charge is -2.19. The van der Waals surface area contributed by atoms with Gasteiger partial charge in [-0.15, -0.1) is 0 Å². The highest BCUT2D eigenvalue weighted by Gasteiger charge is 2.28. The molecular weight excluding hydrogens is 250 g/mol. The van der Waals surface area contributed by atoms with Crippen molar-refractivity contribution in [1.29, 1.82) is 0 Å². The smallest absolute Gasteiger partial charge is 0.357 e. The first-order chi connectivity index (χ1) is 7.70. The number of hydrogen-bond acceptors (Lipinski definition) is 2. The van der Waals surface area contributed by atoms with Crippen LogP contribution < -0.4 is 4.90 Å². The Bertz CT molecular complexity index is 403. The zero-order valence-electron chi connectivity index (χ0n) is 8.65. The highest BCUT2D eigenvalue weighted by Crippen LogP contribution is 2.22. The fourth-order valence-corrected chi connectivity index (χ4v) is 1.10. The molecule has 17 heavy (non-hydrogen) atoms. The largest absolute Gasteiger partial charge is 0.390 e. The van der Waals surface area contributed by atoms with E-state index in [1.165, 1.54) is 0 Å². The summed E-state index contributed by atoms with van der Waals surface area (Å²) in [6, 6.07) is 0.238. The Kier molecular flexibility index (Phi) is 3.84. The molecule has 2 nitrogen and oxygen atoms in total. The summed E-state index contributed by atoms with van der Waals surface area (Å²) in [5.41, 5.74) is 0. The SMILES string of the molecule is CN(CCC(F)(F)F)c1nc(F)c(F)cc1F. The van der Waals surface area contributed by atoms with Crippen LogP contribution in [0.3, 0.4) is 0 Å². The zero-order valence-corrected chi connectivity index (χ0v) is 8.65. The van der Waals surface area contributed by atoms with E-state index in [4.69, 9.17) is 0 Å². The van der Waals surface area contributed by atoms with Crippen molar-refractivity contribution < 1.29 is 26.3 Å². The number of halogens is 6. The van der Waals surface area contributed by atoms with Gasteiger partial charge < -0.3 is 4.90 Å². The van der Waals surface area contributed by atoms with Crippen molar-refractivity contribution in [1.82, 2.24) is 4.98 Å². The molecule has 0 fully saturated rings. The molecule has 0 bridgehead atoms. The Morgan fingerprint density at radius 2 is 1.76 bits per heavy atom. The topological polar surface area (TPSA) is 16.1 Å². The van der Waals surface area contributed by atoms with Crippen molar-refractivity contribution in [3.8, 4) is 0 Å². The Labute approximate surface area is 92.9 Å². The van der Waals surface area contributed by atoms with Crippen LogP contribution in [-0.2, 0) is 0 Å². The van der Waals surface area contributed by atoms with Crippen LogP contribution in [-0.4, -0.2) is 24.8 Å². The normalized spacial score (nSPS) is 11.7. The minimum Gasteiger partial charge on any atom is -0.357 e. The molecule has 0 radical (unpaired) electrons. The van der Waals surface area contributed by atoms with E-state index in [0.29, 0.717) is 0 Å². The monoisotopic (exact) mass is 258 g/mol. The molecular formula is C9H8F6N2. The minimum absolute atomic E-state index is 0.238. The number of rotatable bonds is 3. The predicted octanol–water partition coefficient (Wildman–Crippen LogP) is 2.89. The van der Waals surface area contributed by atoms with Crippen LogP contribution in [0.15, 0.2) is 6.07 Å². The van der Waals surface area contributed by atoms with Gasteiger partial charge in [0.1, 0.15) is 0 Å². The van der Waals surface area contributed by atoms with Gasteiger partial charge in [0.25, 0.3) is 5.95 Å². The maximum Gasteiger partial charge on any atom is 0.390 e. The number of hydrogen-bond donors (Lipinski definition) is 0. The molecule has 0 aromatic carbocycles. The molecule has 0 saturated carbocycles. The molecule has 0 atom stereocenters. The van der Waals surface area contributed by atoms with Crippen LogP contribution in [0.4, 0.5) is 32.2 Å². The molecule has 0 aliphatic heterocycles. The molecule has 1 aromatic heterocycles. The first-order valence-electron chi connectivity index (χ1n) is 4.50. The van der Waals surface area contributed by atoms with E-state index in [1.54, 1.807) is 0 Å². The summed E-state index contributed by atoms with van der Waals surface area (Å²) in [5, 5.41) is 0. The minimum atomic E-state index is -4.41. The summed E-state index contributed by atoms with van der Waals surface area (Å²) in [5.74, 6) is -4.92. The fourth-order valence-electron chi connectivity index (χ4n) is 1.10. The van der Waals surface area contributed by atoms with Crippen LogP contribution in [0, 0.1) is 17.6 Å². The molecule has 1 aromatic rings. The van der Waals surface area contributed by atoms with Gasteiger partial charge in [-0.25, -0.2) is 8.78 Å². The Balaban J connectivity index is 2.82. The van der Waals surface area contributed by atoms with E-state index < -0.39 is 42.5 Å². The summed E-state index contributed by atoms with van der Waals surface area (Å²) in [6.45, 7) is -0.599. The highest BCUT2D eigenvalue weighted by molar-refractivity contribution is 5.38. The van der Waals surface area contributed by atoms with Crippen LogP contribution in [0.25, 0.3) is 0 Å². The van der Waals surface area contributed by atoms with E-state index in [0.717, 1.165) is 11.9 Å². The third kappa shape index (κ3) is 3.79. The molecule has 0 spiro atoms. The maximum atomic E-state index is 13.1. The number of pyridine rings is 1. The van der Waals surface area contributed by atoms with Crippen LogP contribution in [0.2, 0.25) is 0 Å². The average molecular weight is 258 g/mol. The van der Waals surface area contributed by atoms with Gasteiger partial charge in [-0.05, 0) is 0 Å². The Morgan fingerprint density at radius 3 is 2.29 bits per heavy atom. The lowest BCUT2D eigenvalue weighted by Crippen LogP contribution is -2.26. The van der Waals surface area contributed by atoms with Crippen LogP contribution >= 0.6 is 0 Å². The molecule has 0 aliphatic carbocycles. The average Bonchev–Trinajstić information content (AvgIpc) is 2.19. The molecule has 0 saturated heterocycles. The number of alkyl halides is 3. The second-order valence-corrected chi connectivity index (χ2v) is 3.35. The molecule has 1 rings (SSSR count). The predicted molar refractivity (Wildman–Crippen MR) is 48.1 cm³/mol. The second-order valence-electron chi connectivity index (χ2n) is 3.35. The molecule has 0 amide bonds.